The molecule has 0 radical (unpaired) electrons. The van der Waals surface area contributed by atoms with Gasteiger partial charge in [-0.1, -0.05) is 12.1 Å². The van der Waals surface area contributed by atoms with Crippen LogP contribution in [0.5, 0.6) is 5.75 Å². The number of hydrogen-bond acceptors (Lipinski definition) is 7. The number of esters is 2. The molecule has 0 aliphatic carbocycles. The highest BCUT2D eigenvalue weighted by Gasteiger charge is 2.19. The molecule has 0 fully saturated rings. The Morgan fingerprint density at radius 3 is 2.09 bits per heavy atom. The molecule has 1 rings (SSSR count). The molecule has 1 atom stereocenters. The molecular formula is C15H15ClO7. The third-order valence-electron chi connectivity index (χ3n) is 2.67. The van der Waals surface area contributed by atoms with E-state index in [1.807, 2.05) is 0 Å². The number of methoxy groups -OCH3 is 2. The molecular weight excluding hydrogens is 328 g/mol. The average molecular weight is 343 g/mol. The number of rotatable bonds is 7. The molecule has 1 aromatic rings. The summed E-state index contributed by atoms with van der Waals surface area (Å²) in [7, 11) is 2.30. The van der Waals surface area contributed by atoms with Crippen molar-refractivity contribution < 1.29 is 33.7 Å². The molecule has 1 N–H and O–H groups in total. The fourth-order valence-corrected chi connectivity index (χ4v) is 1.55. The Bertz CT molecular complexity index is 589. The number of halogens is 1. The first-order valence-electron chi connectivity index (χ1n) is 6.37. The van der Waals surface area contributed by atoms with Gasteiger partial charge in [-0.05, 0) is 35.4 Å². The van der Waals surface area contributed by atoms with Crippen molar-refractivity contribution in [2.24, 2.45) is 0 Å². The molecule has 0 aliphatic rings. The number of carbonyl (C=O) groups is 3. The molecule has 1 aromatic carbocycles. The van der Waals surface area contributed by atoms with Crippen LogP contribution in [-0.4, -0.2) is 49.2 Å². The zero-order valence-corrected chi connectivity index (χ0v) is 13.2. The van der Waals surface area contributed by atoms with Gasteiger partial charge in [-0.3, -0.25) is 4.79 Å². The minimum atomic E-state index is -1.42. The summed E-state index contributed by atoms with van der Waals surface area (Å²) in [4.78, 5) is 33.7. The maximum Gasteiger partial charge on any atom is 0.345 e. The van der Waals surface area contributed by atoms with Crippen LogP contribution in [0.4, 0.5) is 0 Å². The Hall–Kier alpha value is -2.38. The molecule has 7 nitrogen and oxygen atoms in total. The zero-order valence-electron chi connectivity index (χ0n) is 12.4. The third kappa shape index (κ3) is 5.72. The van der Waals surface area contributed by atoms with Crippen molar-refractivity contribution >= 4 is 34.9 Å². The van der Waals surface area contributed by atoms with Gasteiger partial charge in [-0.15, -0.1) is 0 Å². The monoisotopic (exact) mass is 342 g/mol. The highest BCUT2D eigenvalue weighted by Crippen LogP contribution is 2.16. The Kier molecular flexibility index (Phi) is 7.24. The van der Waals surface area contributed by atoms with Crippen molar-refractivity contribution in [1.82, 2.24) is 0 Å². The van der Waals surface area contributed by atoms with Crippen LogP contribution in [-0.2, 0) is 23.9 Å². The van der Waals surface area contributed by atoms with Crippen molar-refractivity contribution in [2.75, 3.05) is 20.8 Å². The largest absolute Gasteiger partial charge is 0.490 e. The van der Waals surface area contributed by atoms with E-state index in [1.165, 1.54) is 18.2 Å². The van der Waals surface area contributed by atoms with E-state index in [0.29, 0.717) is 11.3 Å². The standard InChI is InChI=1S/C15H15ClO7/c1-21-14(19)11(15(20)22-2)7-9-3-5-10(6-4-9)23-8-12(17)13(16)18/h3-7,12,17H,8H2,1-2H3. The van der Waals surface area contributed by atoms with E-state index in [1.54, 1.807) is 12.1 Å². The van der Waals surface area contributed by atoms with Gasteiger partial charge >= 0.3 is 11.9 Å². The van der Waals surface area contributed by atoms with Crippen molar-refractivity contribution in [2.45, 2.75) is 6.10 Å². The zero-order chi connectivity index (χ0) is 17.4. The number of carbonyl (C=O) groups excluding carboxylic acids is 3. The molecule has 0 aromatic heterocycles. The SMILES string of the molecule is COC(=O)C(=Cc1ccc(OCC(O)C(=O)Cl)cc1)C(=O)OC. The maximum atomic E-state index is 11.5. The third-order valence-corrected chi connectivity index (χ3v) is 2.92. The summed E-state index contributed by atoms with van der Waals surface area (Å²) in [5.74, 6) is -1.27. The summed E-state index contributed by atoms with van der Waals surface area (Å²) in [6.07, 6.45) is -0.111. The second kappa shape index (κ2) is 8.92. The van der Waals surface area contributed by atoms with Gasteiger partial charge in [0.05, 0.1) is 14.2 Å². The number of ether oxygens (including phenoxy) is 3. The van der Waals surface area contributed by atoms with Gasteiger partial charge in [0.2, 0.25) is 0 Å². The minimum Gasteiger partial charge on any atom is -0.490 e. The maximum absolute atomic E-state index is 11.5. The first-order valence-corrected chi connectivity index (χ1v) is 6.75. The van der Waals surface area contributed by atoms with Gasteiger partial charge in [0.15, 0.2) is 6.10 Å². The molecule has 0 bridgehead atoms. The second-order valence-electron chi connectivity index (χ2n) is 4.24. The van der Waals surface area contributed by atoms with Crippen LogP contribution in [0.25, 0.3) is 6.08 Å². The summed E-state index contributed by atoms with van der Waals surface area (Å²) >= 11 is 5.10. The normalized spacial score (nSPS) is 11.1. The molecule has 0 amide bonds. The van der Waals surface area contributed by atoms with E-state index in [9.17, 15) is 19.5 Å². The molecule has 8 heteroatoms. The predicted molar refractivity (Wildman–Crippen MR) is 80.8 cm³/mol. The van der Waals surface area contributed by atoms with Gasteiger partial charge in [0.1, 0.15) is 17.9 Å². The Morgan fingerprint density at radius 1 is 1.13 bits per heavy atom. The second-order valence-corrected chi connectivity index (χ2v) is 4.61. The molecule has 0 saturated carbocycles. The van der Waals surface area contributed by atoms with Crippen LogP contribution in [0.1, 0.15) is 5.56 Å². The molecule has 124 valence electrons. The van der Waals surface area contributed by atoms with E-state index >= 15 is 0 Å². The number of hydrogen-bond donors (Lipinski definition) is 1. The van der Waals surface area contributed by atoms with Crippen LogP contribution in [0.3, 0.4) is 0 Å². The molecule has 0 heterocycles. The first-order chi connectivity index (χ1) is 10.9. The van der Waals surface area contributed by atoms with Gasteiger partial charge in [0.25, 0.3) is 5.24 Å². The summed E-state index contributed by atoms with van der Waals surface area (Å²) in [6.45, 7) is -0.285. The lowest BCUT2D eigenvalue weighted by atomic mass is 10.1. The summed E-state index contributed by atoms with van der Waals surface area (Å²) in [5.41, 5.74) is 0.268. The fourth-order valence-electron chi connectivity index (χ4n) is 1.49. The van der Waals surface area contributed by atoms with Crippen molar-refractivity contribution in [3.8, 4) is 5.75 Å². The topological polar surface area (TPSA) is 99.1 Å². The molecule has 1 unspecified atom stereocenters. The summed E-state index contributed by atoms with van der Waals surface area (Å²) in [5, 5.41) is 8.31. The van der Waals surface area contributed by atoms with Crippen molar-refractivity contribution in [1.29, 1.82) is 0 Å². The predicted octanol–water partition coefficient (Wildman–Crippen LogP) is 0.921. The first kappa shape index (κ1) is 18.7. The van der Waals surface area contributed by atoms with E-state index in [4.69, 9.17) is 16.3 Å². The fraction of sp³-hybridized carbons (Fsp3) is 0.267. The van der Waals surface area contributed by atoms with Crippen LogP contribution in [0.15, 0.2) is 29.8 Å². The lowest BCUT2D eigenvalue weighted by molar-refractivity contribution is -0.143. The van der Waals surface area contributed by atoms with E-state index in [2.05, 4.69) is 9.47 Å². The van der Waals surface area contributed by atoms with E-state index in [-0.39, 0.29) is 12.2 Å². The highest BCUT2D eigenvalue weighted by molar-refractivity contribution is 6.64. The quantitative estimate of drug-likeness (QED) is 0.258. The minimum absolute atomic E-state index is 0.258. The summed E-state index contributed by atoms with van der Waals surface area (Å²) in [6, 6.07) is 6.19. The Morgan fingerprint density at radius 2 is 1.65 bits per heavy atom. The van der Waals surface area contributed by atoms with Gasteiger partial charge in [0, 0.05) is 0 Å². The van der Waals surface area contributed by atoms with Gasteiger partial charge in [-0.25, -0.2) is 9.59 Å². The van der Waals surface area contributed by atoms with Gasteiger partial charge < -0.3 is 19.3 Å². The van der Waals surface area contributed by atoms with E-state index < -0.39 is 23.3 Å². The summed E-state index contributed by atoms with van der Waals surface area (Å²) < 4.78 is 14.2. The Balaban J connectivity index is 2.85. The van der Waals surface area contributed by atoms with Crippen LogP contribution in [0.2, 0.25) is 0 Å². The number of aliphatic hydroxyl groups is 1. The lowest BCUT2D eigenvalue weighted by Gasteiger charge is -2.09. The van der Waals surface area contributed by atoms with Crippen LogP contribution < -0.4 is 4.74 Å². The average Bonchev–Trinajstić information content (AvgIpc) is 2.56. The molecule has 23 heavy (non-hydrogen) atoms. The van der Waals surface area contributed by atoms with Crippen LogP contribution in [0, 0.1) is 0 Å². The van der Waals surface area contributed by atoms with E-state index in [0.717, 1.165) is 14.2 Å². The smallest absolute Gasteiger partial charge is 0.345 e. The van der Waals surface area contributed by atoms with Crippen LogP contribution >= 0.6 is 11.6 Å². The van der Waals surface area contributed by atoms with Crippen molar-refractivity contribution in [3.05, 3.63) is 35.4 Å². The molecule has 0 spiro atoms. The Labute approximate surface area is 137 Å². The van der Waals surface area contributed by atoms with Gasteiger partial charge in [-0.2, -0.15) is 0 Å². The number of benzene rings is 1. The number of aliphatic hydroxyl groups excluding tert-OH is 1. The molecule has 0 saturated heterocycles. The molecule has 0 aliphatic heterocycles. The lowest BCUT2D eigenvalue weighted by Crippen LogP contribution is -2.23. The highest BCUT2D eigenvalue weighted by atomic mass is 35.5. The van der Waals surface area contributed by atoms with Crippen molar-refractivity contribution in [3.63, 3.8) is 0 Å².